The third kappa shape index (κ3) is 1.87. The number of aromatic nitrogens is 4. The maximum Gasteiger partial charge on any atom is 0.224 e. The summed E-state index contributed by atoms with van der Waals surface area (Å²) in [6.45, 7) is 1.87. The minimum absolute atomic E-state index is 0.0501. The van der Waals surface area contributed by atoms with Crippen LogP contribution in [-0.2, 0) is 0 Å². The molecule has 0 spiro atoms. The predicted octanol–water partition coefficient (Wildman–Crippen LogP) is 2.26. The summed E-state index contributed by atoms with van der Waals surface area (Å²) in [5.74, 6) is 0. The normalized spacial score (nSPS) is 24.6. The standard InChI is InChI=1S/C12H15ClN4O/c1-7-10-11(16-12(13)15-7)17(6-14-10)8-4-2-3-5-9(8)18/h6,8-9,18H,2-5H2,1H3. The molecular formula is C12H15ClN4O. The molecular weight excluding hydrogens is 252 g/mol. The Bertz CT molecular complexity index is 583. The van der Waals surface area contributed by atoms with Crippen LogP contribution in [0.5, 0.6) is 0 Å². The minimum Gasteiger partial charge on any atom is -0.391 e. The van der Waals surface area contributed by atoms with E-state index < -0.39 is 0 Å². The van der Waals surface area contributed by atoms with Crippen LogP contribution in [0.2, 0.25) is 5.28 Å². The minimum atomic E-state index is -0.329. The number of hydrogen-bond donors (Lipinski definition) is 1. The summed E-state index contributed by atoms with van der Waals surface area (Å²) in [5.41, 5.74) is 2.25. The molecule has 5 nitrogen and oxygen atoms in total. The lowest BCUT2D eigenvalue weighted by atomic mass is 9.92. The summed E-state index contributed by atoms with van der Waals surface area (Å²) in [4.78, 5) is 12.7. The van der Waals surface area contributed by atoms with Crippen LogP contribution in [0.4, 0.5) is 0 Å². The number of imidazole rings is 1. The largest absolute Gasteiger partial charge is 0.391 e. The Morgan fingerprint density at radius 2 is 2.11 bits per heavy atom. The molecule has 1 aliphatic rings. The van der Waals surface area contributed by atoms with Gasteiger partial charge in [0.25, 0.3) is 0 Å². The van der Waals surface area contributed by atoms with Gasteiger partial charge in [0.15, 0.2) is 5.65 Å². The molecule has 2 aromatic rings. The zero-order valence-corrected chi connectivity index (χ0v) is 10.9. The van der Waals surface area contributed by atoms with Crippen LogP contribution >= 0.6 is 11.6 Å². The number of fused-ring (bicyclic) bond motifs is 1. The van der Waals surface area contributed by atoms with E-state index in [4.69, 9.17) is 11.6 Å². The van der Waals surface area contributed by atoms with Crippen molar-refractivity contribution < 1.29 is 5.11 Å². The highest BCUT2D eigenvalue weighted by Gasteiger charge is 2.26. The van der Waals surface area contributed by atoms with Crippen molar-refractivity contribution in [1.82, 2.24) is 19.5 Å². The van der Waals surface area contributed by atoms with Gasteiger partial charge in [-0.3, -0.25) is 0 Å². The van der Waals surface area contributed by atoms with Crippen molar-refractivity contribution in [2.45, 2.75) is 44.8 Å². The molecule has 1 fully saturated rings. The molecule has 3 rings (SSSR count). The molecule has 2 unspecified atom stereocenters. The highest BCUT2D eigenvalue weighted by atomic mass is 35.5. The lowest BCUT2D eigenvalue weighted by molar-refractivity contribution is 0.0770. The van der Waals surface area contributed by atoms with Crippen LogP contribution < -0.4 is 0 Å². The van der Waals surface area contributed by atoms with Gasteiger partial charge in [-0.1, -0.05) is 12.8 Å². The predicted molar refractivity (Wildman–Crippen MR) is 68.6 cm³/mol. The van der Waals surface area contributed by atoms with Crippen molar-refractivity contribution in [3.05, 3.63) is 17.3 Å². The Morgan fingerprint density at radius 3 is 2.89 bits per heavy atom. The first kappa shape index (κ1) is 11.9. The van der Waals surface area contributed by atoms with E-state index in [0.29, 0.717) is 0 Å². The van der Waals surface area contributed by atoms with Crippen LogP contribution in [0.3, 0.4) is 0 Å². The van der Waals surface area contributed by atoms with Crippen LogP contribution in [-0.4, -0.2) is 30.7 Å². The highest BCUT2D eigenvalue weighted by molar-refractivity contribution is 6.28. The number of halogens is 1. The summed E-state index contributed by atoms with van der Waals surface area (Å²) >= 11 is 5.90. The van der Waals surface area contributed by atoms with Crippen molar-refractivity contribution in [2.75, 3.05) is 0 Å². The number of aliphatic hydroxyl groups is 1. The van der Waals surface area contributed by atoms with Crippen LogP contribution in [0.15, 0.2) is 6.33 Å². The zero-order valence-electron chi connectivity index (χ0n) is 10.2. The number of rotatable bonds is 1. The molecule has 2 heterocycles. The van der Waals surface area contributed by atoms with Gasteiger partial charge >= 0.3 is 0 Å². The molecule has 96 valence electrons. The second kappa shape index (κ2) is 4.48. The van der Waals surface area contributed by atoms with E-state index in [1.165, 1.54) is 0 Å². The fourth-order valence-corrected chi connectivity index (χ4v) is 2.89. The first-order valence-electron chi connectivity index (χ1n) is 6.21. The van der Waals surface area contributed by atoms with Gasteiger partial charge in [0.2, 0.25) is 5.28 Å². The topological polar surface area (TPSA) is 63.8 Å². The van der Waals surface area contributed by atoms with Gasteiger partial charge in [-0.25, -0.2) is 9.97 Å². The lowest BCUT2D eigenvalue weighted by Gasteiger charge is -2.28. The van der Waals surface area contributed by atoms with Crippen molar-refractivity contribution in [1.29, 1.82) is 0 Å². The van der Waals surface area contributed by atoms with Gasteiger partial charge in [0, 0.05) is 0 Å². The van der Waals surface area contributed by atoms with Gasteiger partial charge in [-0.15, -0.1) is 0 Å². The zero-order chi connectivity index (χ0) is 12.7. The maximum absolute atomic E-state index is 10.1. The van der Waals surface area contributed by atoms with Crippen LogP contribution in [0.25, 0.3) is 11.2 Å². The number of hydrogen-bond acceptors (Lipinski definition) is 4. The Kier molecular flexibility index (Phi) is 2.95. The molecule has 0 bridgehead atoms. The van der Waals surface area contributed by atoms with E-state index in [9.17, 15) is 5.11 Å². The molecule has 0 radical (unpaired) electrons. The lowest BCUT2D eigenvalue weighted by Crippen LogP contribution is -2.27. The van der Waals surface area contributed by atoms with Gasteiger partial charge < -0.3 is 9.67 Å². The molecule has 0 aromatic carbocycles. The van der Waals surface area contributed by atoms with Gasteiger partial charge in [0.1, 0.15) is 5.52 Å². The summed E-state index contributed by atoms with van der Waals surface area (Å²) in [5, 5.41) is 10.3. The third-order valence-corrected chi connectivity index (χ3v) is 3.79. The second-order valence-corrected chi connectivity index (χ2v) is 5.16. The monoisotopic (exact) mass is 266 g/mol. The molecule has 1 N–H and O–H groups in total. The Labute approximate surface area is 110 Å². The fraction of sp³-hybridized carbons (Fsp3) is 0.583. The second-order valence-electron chi connectivity index (χ2n) is 4.82. The van der Waals surface area contributed by atoms with Crippen molar-refractivity contribution in [3.63, 3.8) is 0 Å². The summed E-state index contributed by atoms with van der Waals surface area (Å²) in [7, 11) is 0. The summed E-state index contributed by atoms with van der Waals surface area (Å²) in [6.07, 6.45) is 5.40. The molecule has 1 saturated carbocycles. The third-order valence-electron chi connectivity index (χ3n) is 3.62. The van der Waals surface area contributed by atoms with Crippen molar-refractivity contribution >= 4 is 22.8 Å². The van der Waals surface area contributed by atoms with E-state index in [0.717, 1.165) is 42.5 Å². The smallest absolute Gasteiger partial charge is 0.224 e. The molecule has 0 saturated heterocycles. The number of nitrogens with zero attached hydrogens (tertiary/aromatic N) is 4. The van der Waals surface area contributed by atoms with Gasteiger partial charge in [0.05, 0.1) is 24.2 Å². The number of aryl methyl sites for hydroxylation is 1. The number of aliphatic hydroxyl groups excluding tert-OH is 1. The molecule has 1 aliphatic carbocycles. The van der Waals surface area contributed by atoms with Crippen LogP contribution in [0, 0.1) is 6.92 Å². The van der Waals surface area contributed by atoms with Crippen LogP contribution in [0.1, 0.15) is 37.4 Å². The average Bonchev–Trinajstić information content (AvgIpc) is 2.73. The van der Waals surface area contributed by atoms with E-state index in [2.05, 4.69) is 15.0 Å². The van der Waals surface area contributed by atoms with E-state index >= 15 is 0 Å². The Hall–Kier alpha value is -1.20. The Balaban J connectivity index is 2.11. The molecule has 2 aromatic heterocycles. The molecule has 18 heavy (non-hydrogen) atoms. The van der Waals surface area contributed by atoms with E-state index in [-0.39, 0.29) is 17.4 Å². The summed E-state index contributed by atoms with van der Waals surface area (Å²) < 4.78 is 1.94. The highest BCUT2D eigenvalue weighted by Crippen LogP contribution is 2.31. The van der Waals surface area contributed by atoms with E-state index in [1.54, 1.807) is 6.33 Å². The molecule has 0 aliphatic heterocycles. The molecule has 2 atom stereocenters. The maximum atomic E-state index is 10.1. The Morgan fingerprint density at radius 1 is 1.33 bits per heavy atom. The summed E-state index contributed by atoms with van der Waals surface area (Å²) in [6, 6.07) is 0.0501. The SMILES string of the molecule is Cc1nc(Cl)nc2c1ncn2C1CCCCC1O. The van der Waals surface area contributed by atoms with Gasteiger partial charge in [-0.05, 0) is 31.4 Å². The molecule has 0 amide bonds. The van der Waals surface area contributed by atoms with Gasteiger partial charge in [-0.2, -0.15) is 4.98 Å². The average molecular weight is 267 g/mol. The van der Waals surface area contributed by atoms with Crippen molar-refractivity contribution in [2.24, 2.45) is 0 Å². The fourth-order valence-electron chi connectivity index (χ4n) is 2.68. The van der Waals surface area contributed by atoms with E-state index in [1.807, 2.05) is 11.5 Å². The van der Waals surface area contributed by atoms with Crippen molar-refractivity contribution in [3.8, 4) is 0 Å². The first-order valence-corrected chi connectivity index (χ1v) is 6.59. The molecule has 6 heteroatoms. The first-order chi connectivity index (χ1) is 8.66. The quantitative estimate of drug-likeness (QED) is 0.804.